The molecule has 0 aliphatic heterocycles. The van der Waals surface area contributed by atoms with Crippen molar-refractivity contribution >= 4 is 17.2 Å². The van der Waals surface area contributed by atoms with Crippen molar-refractivity contribution in [1.82, 2.24) is 4.90 Å². The van der Waals surface area contributed by atoms with Crippen molar-refractivity contribution in [2.45, 2.75) is 45.1 Å². The standard InChI is InChI=1S/C17H23NO2S/c1-13-6-8-14(9-7-13)18(2)17(20)16-11-10-15(21-16)5-3-4-12-19/h10-11,13-14,19H,4,6-9,12H2,1-2H3. The number of amides is 1. The predicted octanol–water partition coefficient (Wildman–Crippen LogP) is 3.13. The van der Waals surface area contributed by atoms with Gasteiger partial charge in [0.1, 0.15) is 0 Å². The minimum absolute atomic E-state index is 0.0764. The predicted molar refractivity (Wildman–Crippen MR) is 86.4 cm³/mol. The quantitative estimate of drug-likeness (QED) is 0.872. The van der Waals surface area contributed by atoms with Crippen LogP contribution in [0.1, 0.15) is 53.6 Å². The molecule has 1 saturated carbocycles. The van der Waals surface area contributed by atoms with Crippen LogP contribution in [0.4, 0.5) is 0 Å². The number of carbonyl (C=O) groups is 1. The summed E-state index contributed by atoms with van der Waals surface area (Å²) in [7, 11) is 1.92. The average Bonchev–Trinajstić information content (AvgIpc) is 2.96. The lowest BCUT2D eigenvalue weighted by molar-refractivity contribution is 0.0684. The zero-order valence-corrected chi connectivity index (χ0v) is 13.6. The molecule has 0 unspecified atom stereocenters. The van der Waals surface area contributed by atoms with Gasteiger partial charge in [-0.15, -0.1) is 11.3 Å². The normalized spacial score (nSPS) is 21.5. The van der Waals surface area contributed by atoms with Crippen molar-refractivity contribution in [3.05, 3.63) is 21.9 Å². The molecule has 0 spiro atoms. The van der Waals surface area contributed by atoms with Gasteiger partial charge in [-0.3, -0.25) is 4.79 Å². The molecule has 1 aromatic heterocycles. The average molecular weight is 305 g/mol. The van der Waals surface area contributed by atoms with Gasteiger partial charge in [0.2, 0.25) is 0 Å². The van der Waals surface area contributed by atoms with Crippen molar-refractivity contribution in [1.29, 1.82) is 0 Å². The van der Waals surface area contributed by atoms with E-state index in [1.165, 1.54) is 24.2 Å². The highest BCUT2D eigenvalue weighted by Crippen LogP contribution is 2.28. The van der Waals surface area contributed by atoms with Crippen molar-refractivity contribution in [2.24, 2.45) is 5.92 Å². The molecule has 1 heterocycles. The van der Waals surface area contributed by atoms with Crippen LogP contribution in [0, 0.1) is 17.8 Å². The number of aliphatic hydroxyl groups is 1. The molecule has 1 aromatic rings. The molecule has 0 atom stereocenters. The van der Waals surface area contributed by atoms with E-state index in [0.717, 1.165) is 28.5 Å². The van der Waals surface area contributed by atoms with Crippen molar-refractivity contribution < 1.29 is 9.90 Å². The van der Waals surface area contributed by atoms with Crippen molar-refractivity contribution in [3.63, 3.8) is 0 Å². The van der Waals surface area contributed by atoms with E-state index >= 15 is 0 Å². The number of rotatable bonds is 3. The van der Waals surface area contributed by atoms with Gasteiger partial charge in [-0.2, -0.15) is 0 Å². The maximum Gasteiger partial charge on any atom is 0.263 e. The minimum atomic E-state index is 0.0764. The Balaban J connectivity index is 1.98. The number of carbonyl (C=O) groups excluding carboxylic acids is 1. The van der Waals surface area contributed by atoms with Crippen LogP contribution in [-0.2, 0) is 0 Å². The topological polar surface area (TPSA) is 40.5 Å². The van der Waals surface area contributed by atoms with Crippen molar-refractivity contribution in [2.75, 3.05) is 13.7 Å². The first-order valence-corrected chi connectivity index (χ1v) is 8.40. The van der Waals surface area contributed by atoms with Gasteiger partial charge in [-0.05, 0) is 43.7 Å². The Labute approximate surface area is 131 Å². The number of hydrogen-bond acceptors (Lipinski definition) is 3. The van der Waals surface area contributed by atoms with Crippen LogP contribution in [0.25, 0.3) is 0 Å². The van der Waals surface area contributed by atoms with Gasteiger partial charge >= 0.3 is 0 Å². The Morgan fingerprint density at radius 2 is 2.10 bits per heavy atom. The summed E-state index contributed by atoms with van der Waals surface area (Å²) in [5, 5.41) is 8.71. The lowest BCUT2D eigenvalue weighted by Crippen LogP contribution is -2.38. The highest BCUT2D eigenvalue weighted by molar-refractivity contribution is 7.14. The molecule has 114 valence electrons. The molecule has 0 radical (unpaired) electrons. The molecule has 21 heavy (non-hydrogen) atoms. The zero-order chi connectivity index (χ0) is 15.2. The fraction of sp³-hybridized carbons (Fsp3) is 0.588. The summed E-state index contributed by atoms with van der Waals surface area (Å²) in [5.41, 5.74) is 0. The molecule has 1 fully saturated rings. The minimum Gasteiger partial charge on any atom is -0.395 e. The molecular weight excluding hydrogens is 282 g/mol. The molecule has 0 aromatic carbocycles. The molecule has 1 aliphatic rings. The van der Waals surface area contributed by atoms with Gasteiger partial charge in [0.15, 0.2) is 0 Å². The number of aliphatic hydroxyl groups excluding tert-OH is 1. The maximum atomic E-state index is 12.5. The summed E-state index contributed by atoms with van der Waals surface area (Å²) in [5.74, 6) is 6.77. The molecule has 1 aliphatic carbocycles. The van der Waals surface area contributed by atoms with E-state index in [4.69, 9.17) is 5.11 Å². The van der Waals surface area contributed by atoms with Crippen LogP contribution in [0.2, 0.25) is 0 Å². The van der Waals surface area contributed by atoms with E-state index < -0.39 is 0 Å². The second kappa shape index (κ2) is 7.63. The van der Waals surface area contributed by atoms with Crippen LogP contribution in [0.3, 0.4) is 0 Å². The fourth-order valence-electron chi connectivity index (χ4n) is 2.69. The van der Waals surface area contributed by atoms with Gasteiger partial charge < -0.3 is 10.0 Å². The van der Waals surface area contributed by atoms with E-state index in [2.05, 4.69) is 18.8 Å². The first kappa shape index (κ1) is 16.1. The van der Waals surface area contributed by atoms with Crippen LogP contribution >= 0.6 is 11.3 Å². The van der Waals surface area contributed by atoms with Gasteiger partial charge in [-0.1, -0.05) is 18.8 Å². The van der Waals surface area contributed by atoms with Gasteiger partial charge in [0, 0.05) is 19.5 Å². The third-order valence-corrected chi connectivity index (χ3v) is 5.11. The van der Waals surface area contributed by atoms with E-state index in [9.17, 15) is 4.79 Å². The summed E-state index contributed by atoms with van der Waals surface area (Å²) in [4.78, 5) is 16.1. The van der Waals surface area contributed by atoms with Crippen LogP contribution in [-0.4, -0.2) is 35.6 Å². The van der Waals surface area contributed by atoms with E-state index in [1.54, 1.807) is 0 Å². The smallest absolute Gasteiger partial charge is 0.263 e. The Morgan fingerprint density at radius 3 is 2.76 bits per heavy atom. The zero-order valence-electron chi connectivity index (χ0n) is 12.8. The Kier molecular flexibility index (Phi) is 5.84. The third-order valence-electron chi connectivity index (χ3n) is 4.12. The van der Waals surface area contributed by atoms with Crippen molar-refractivity contribution in [3.8, 4) is 11.8 Å². The largest absolute Gasteiger partial charge is 0.395 e. The maximum absolute atomic E-state index is 12.5. The molecule has 2 rings (SSSR count). The van der Waals surface area contributed by atoms with Crippen LogP contribution in [0.5, 0.6) is 0 Å². The Bertz CT molecular complexity index is 532. The molecule has 0 saturated heterocycles. The first-order valence-electron chi connectivity index (χ1n) is 7.58. The fourth-order valence-corrected chi connectivity index (χ4v) is 3.56. The monoisotopic (exact) mass is 305 g/mol. The Morgan fingerprint density at radius 1 is 1.38 bits per heavy atom. The van der Waals surface area contributed by atoms with Crippen LogP contribution in [0.15, 0.2) is 12.1 Å². The van der Waals surface area contributed by atoms with E-state index in [1.807, 2.05) is 24.1 Å². The van der Waals surface area contributed by atoms with Crippen LogP contribution < -0.4 is 0 Å². The summed E-state index contributed by atoms with van der Waals surface area (Å²) < 4.78 is 0. The SMILES string of the molecule is CC1CCC(N(C)C(=O)c2ccc(C#CCCO)s2)CC1. The molecule has 4 heteroatoms. The van der Waals surface area contributed by atoms with Gasteiger partial charge in [0.05, 0.1) is 16.4 Å². The highest BCUT2D eigenvalue weighted by atomic mass is 32.1. The lowest BCUT2D eigenvalue weighted by atomic mass is 9.87. The van der Waals surface area contributed by atoms with E-state index in [-0.39, 0.29) is 12.5 Å². The first-order chi connectivity index (χ1) is 10.1. The van der Waals surface area contributed by atoms with Gasteiger partial charge in [0.25, 0.3) is 5.91 Å². The highest BCUT2D eigenvalue weighted by Gasteiger charge is 2.26. The number of nitrogens with zero attached hydrogens (tertiary/aromatic N) is 1. The third kappa shape index (κ3) is 4.33. The van der Waals surface area contributed by atoms with E-state index in [0.29, 0.717) is 12.5 Å². The molecule has 0 bridgehead atoms. The summed E-state index contributed by atoms with van der Waals surface area (Å²) in [6.45, 7) is 2.36. The molecule has 1 N–H and O–H groups in total. The summed E-state index contributed by atoms with van der Waals surface area (Å²) in [6, 6.07) is 4.12. The summed E-state index contributed by atoms with van der Waals surface area (Å²) in [6.07, 6.45) is 5.12. The summed E-state index contributed by atoms with van der Waals surface area (Å²) >= 11 is 1.44. The molecular formula is C17H23NO2S. The Hall–Kier alpha value is -1.31. The molecule has 3 nitrogen and oxygen atoms in total. The second-order valence-electron chi connectivity index (χ2n) is 5.77. The number of thiophene rings is 1. The second-order valence-corrected chi connectivity index (χ2v) is 6.85. The number of hydrogen-bond donors (Lipinski definition) is 1. The lowest BCUT2D eigenvalue weighted by Gasteiger charge is -2.33. The molecule has 1 amide bonds. The van der Waals surface area contributed by atoms with Gasteiger partial charge in [-0.25, -0.2) is 0 Å².